The number of esters is 1. The maximum Gasteiger partial charge on any atom is 0.339 e. The van der Waals surface area contributed by atoms with Crippen molar-refractivity contribution < 1.29 is 14.6 Å². The van der Waals surface area contributed by atoms with Gasteiger partial charge in [-0.15, -0.1) is 0 Å². The van der Waals surface area contributed by atoms with Gasteiger partial charge in [-0.2, -0.15) is 0 Å². The average molecular weight is 276 g/mol. The van der Waals surface area contributed by atoms with Crippen LogP contribution in [-0.2, 0) is 14.9 Å². The second-order valence-corrected chi connectivity index (χ2v) is 6.24. The lowest BCUT2D eigenvalue weighted by atomic mass is 9.86. The average Bonchev–Trinajstić information content (AvgIpc) is 2.35. The summed E-state index contributed by atoms with van der Waals surface area (Å²) >= 11 is 0. The number of rotatable bonds is 4. The van der Waals surface area contributed by atoms with E-state index in [0.29, 0.717) is 5.57 Å². The molecule has 110 valence electrons. The van der Waals surface area contributed by atoms with E-state index in [9.17, 15) is 9.90 Å². The Bertz CT molecular complexity index is 478. The number of aliphatic hydroxyl groups is 1. The fourth-order valence-corrected chi connectivity index (χ4v) is 1.78. The summed E-state index contributed by atoms with van der Waals surface area (Å²) in [6.07, 6.45) is -1.58. The quantitative estimate of drug-likeness (QED) is 0.858. The first-order chi connectivity index (χ1) is 9.12. The molecule has 0 saturated carbocycles. The topological polar surface area (TPSA) is 46.5 Å². The Morgan fingerprint density at radius 3 is 2.10 bits per heavy atom. The molecule has 0 aliphatic carbocycles. The first-order valence-corrected chi connectivity index (χ1v) is 6.81. The standard InChI is InChI=1S/C17H24O3/c1-11(2)20-16(19)15(18)12(3)13-7-9-14(10-8-13)17(4,5)6/h7-11,15,18H,3H2,1-2,4-6H3. The van der Waals surface area contributed by atoms with Crippen LogP contribution in [0.25, 0.3) is 5.57 Å². The molecule has 0 aliphatic rings. The second-order valence-electron chi connectivity index (χ2n) is 6.24. The van der Waals surface area contributed by atoms with Crippen LogP contribution in [0.2, 0.25) is 0 Å². The summed E-state index contributed by atoms with van der Waals surface area (Å²) in [7, 11) is 0. The van der Waals surface area contributed by atoms with Gasteiger partial charge in [0, 0.05) is 0 Å². The van der Waals surface area contributed by atoms with Crippen LogP contribution >= 0.6 is 0 Å². The normalized spacial score (nSPS) is 13.2. The lowest BCUT2D eigenvalue weighted by Gasteiger charge is -2.20. The van der Waals surface area contributed by atoms with Gasteiger partial charge >= 0.3 is 5.97 Å². The molecule has 20 heavy (non-hydrogen) atoms. The Balaban J connectivity index is 2.85. The molecule has 0 aliphatic heterocycles. The van der Waals surface area contributed by atoms with Crippen molar-refractivity contribution in [3.05, 3.63) is 42.0 Å². The van der Waals surface area contributed by atoms with Crippen LogP contribution in [-0.4, -0.2) is 23.3 Å². The van der Waals surface area contributed by atoms with Crippen LogP contribution in [0.4, 0.5) is 0 Å². The molecule has 1 N–H and O–H groups in total. The summed E-state index contributed by atoms with van der Waals surface area (Å²) in [5.41, 5.74) is 2.35. The van der Waals surface area contributed by atoms with Crippen molar-refractivity contribution >= 4 is 11.5 Å². The lowest BCUT2D eigenvalue weighted by molar-refractivity contribution is -0.154. The zero-order valence-electron chi connectivity index (χ0n) is 12.9. The zero-order valence-corrected chi connectivity index (χ0v) is 12.9. The van der Waals surface area contributed by atoms with E-state index in [4.69, 9.17) is 4.74 Å². The highest BCUT2D eigenvalue weighted by atomic mass is 16.6. The molecule has 0 bridgehead atoms. The van der Waals surface area contributed by atoms with E-state index in [2.05, 4.69) is 27.4 Å². The van der Waals surface area contributed by atoms with Crippen molar-refractivity contribution in [2.75, 3.05) is 0 Å². The van der Waals surface area contributed by atoms with Crippen molar-refractivity contribution in [1.29, 1.82) is 0 Å². The minimum Gasteiger partial charge on any atom is -0.461 e. The molecule has 1 unspecified atom stereocenters. The van der Waals surface area contributed by atoms with Crippen molar-refractivity contribution in [1.82, 2.24) is 0 Å². The molecule has 0 saturated heterocycles. The van der Waals surface area contributed by atoms with Gasteiger partial charge < -0.3 is 9.84 Å². The summed E-state index contributed by atoms with van der Waals surface area (Å²) in [5.74, 6) is -0.662. The highest BCUT2D eigenvalue weighted by Gasteiger charge is 2.22. The number of hydrogen-bond acceptors (Lipinski definition) is 3. The van der Waals surface area contributed by atoms with Crippen molar-refractivity contribution in [3.63, 3.8) is 0 Å². The van der Waals surface area contributed by atoms with Crippen LogP contribution in [0.5, 0.6) is 0 Å². The highest BCUT2D eigenvalue weighted by Crippen LogP contribution is 2.25. The van der Waals surface area contributed by atoms with Gasteiger partial charge in [0.2, 0.25) is 0 Å². The molecular weight excluding hydrogens is 252 g/mol. The lowest BCUT2D eigenvalue weighted by Crippen LogP contribution is -2.26. The SMILES string of the molecule is C=C(c1ccc(C(C)(C)C)cc1)C(O)C(=O)OC(C)C. The Morgan fingerprint density at radius 2 is 1.70 bits per heavy atom. The van der Waals surface area contributed by atoms with Gasteiger partial charge in [0.05, 0.1) is 6.10 Å². The zero-order chi connectivity index (χ0) is 15.5. The number of ether oxygens (including phenoxy) is 1. The molecule has 1 aromatic carbocycles. The van der Waals surface area contributed by atoms with Crippen molar-refractivity contribution in [2.24, 2.45) is 0 Å². The van der Waals surface area contributed by atoms with Crippen molar-refractivity contribution in [2.45, 2.75) is 52.2 Å². The van der Waals surface area contributed by atoms with Crippen LogP contribution in [0, 0.1) is 0 Å². The van der Waals surface area contributed by atoms with E-state index in [-0.39, 0.29) is 11.5 Å². The number of carbonyl (C=O) groups is 1. The molecule has 1 atom stereocenters. The maximum absolute atomic E-state index is 11.7. The fourth-order valence-electron chi connectivity index (χ4n) is 1.78. The molecular formula is C17H24O3. The van der Waals surface area contributed by atoms with Gasteiger partial charge in [0.25, 0.3) is 0 Å². The van der Waals surface area contributed by atoms with E-state index < -0.39 is 12.1 Å². The third kappa shape index (κ3) is 4.20. The summed E-state index contributed by atoms with van der Waals surface area (Å²) in [6, 6.07) is 7.71. The van der Waals surface area contributed by atoms with E-state index in [1.807, 2.05) is 24.3 Å². The van der Waals surface area contributed by atoms with Gasteiger partial charge in [-0.1, -0.05) is 51.6 Å². The number of aliphatic hydroxyl groups excluding tert-OH is 1. The Labute approximate surface area is 121 Å². The molecule has 3 heteroatoms. The fraction of sp³-hybridized carbons (Fsp3) is 0.471. The highest BCUT2D eigenvalue weighted by molar-refractivity contribution is 5.90. The predicted molar refractivity (Wildman–Crippen MR) is 81.4 cm³/mol. The number of carbonyl (C=O) groups excluding carboxylic acids is 1. The van der Waals surface area contributed by atoms with Crippen LogP contribution < -0.4 is 0 Å². The van der Waals surface area contributed by atoms with Gasteiger partial charge in [0.1, 0.15) is 0 Å². The Hall–Kier alpha value is -1.61. The number of benzene rings is 1. The van der Waals surface area contributed by atoms with Gasteiger partial charge in [0.15, 0.2) is 6.10 Å². The second kappa shape index (κ2) is 6.23. The Morgan fingerprint density at radius 1 is 1.20 bits per heavy atom. The summed E-state index contributed by atoms with van der Waals surface area (Å²) in [6.45, 7) is 13.7. The van der Waals surface area contributed by atoms with Gasteiger partial charge in [-0.3, -0.25) is 0 Å². The molecule has 0 radical (unpaired) electrons. The van der Waals surface area contributed by atoms with Crippen LogP contribution in [0.1, 0.15) is 45.7 Å². The first kappa shape index (κ1) is 16.4. The third-order valence-electron chi connectivity index (χ3n) is 3.03. The Kier molecular flexibility index (Phi) is 5.12. The molecule has 0 aromatic heterocycles. The summed E-state index contributed by atoms with van der Waals surface area (Å²) in [5, 5.41) is 9.94. The van der Waals surface area contributed by atoms with E-state index in [0.717, 1.165) is 5.56 Å². The third-order valence-corrected chi connectivity index (χ3v) is 3.03. The molecule has 3 nitrogen and oxygen atoms in total. The largest absolute Gasteiger partial charge is 0.461 e. The van der Waals surface area contributed by atoms with E-state index >= 15 is 0 Å². The van der Waals surface area contributed by atoms with Crippen molar-refractivity contribution in [3.8, 4) is 0 Å². The smallest absolute Gasteiger partial charge is 0.339 e. The molecule has 1 aromatic rings. The molecule has 1 rings (SSSR count). The van der Waals surface area contributed by atoms with E-state index in [1.165, 1.54) is 5.56 Å². The molecule has 0 fully saturated rings. The monoisotopic (exact) mass is 276 g/mol. The molecule has 0 amide bonds. The molecule has 0 spiro atoms. The van der Waals surface area contributed by atoms with Gasteiger partial charge in [-0.05, 0) is 36.0 Å². The minimum atomic E-state index is -1.32. The van der Waals surface area contributed by atoms with Crippen LogP contribution in [0.3, 0.4) is 0 Å². The van der Waals surface area contributed by atoms with Gasteiger partial charge in [-0.25, -0.2) is 4.79 Å². The summed E-state index contributed by atoms with van der Waals surface area (Å²) < 4.78 is 4.98. The van der Waals surface area contributed by atoms with E-state index in [1.54, 1.807) is 13.8 Å². The summed E-state index contributed by atoms with van der Waals surface area (Å²) in [4.78, 5) is 11.7. The predicted octanol–water partition coefficient (Wildman–Crippen LogP) is 3.31. The van der Waals surface area contributed by atoms with Crippen LogP contribution in [0.15, 0.2) is 30.8 Å². The number of hydrogen-bond donors (Lipinski definition) is 1. The molecule has 0 heterocycles. The first-order valence-electron chi connectivity index (χ1n) is 6.81. The maximum atomic E-state index is 11.7. The minimum absolute atomic E-state index is 0.0645.